The molecule has 0 atom stereocenters. The average molecular weight is 773 g/mol. The zero-order valence-corrected chi connectivity index (χ0v) is 35.0. The zero-order chi connectivity index (χ0) is 41.0. The van der Waals surface area contributed by atoms with Crippen molar-refractivity contribution in [3.05, 3.63) is 76.6 Å². The molecule has 12 heteroatoms. The van der Waals surface area contributed by atoms with Crippen molar-refractivity contribution in [1.82, 2.24) is 14.9 Å². The van der Waals surface area contributed by atoms with E-state index in [1.54, 1.807) is 41.5 Å². The number of pyridine rings is 1. The number of nitrogens with zero attached hydrogens (tertiary/aromatic N) is 3. The van der Waals surface area contributed by atoms with Gasteiger partial charge in [0.25, 0.3) is 5.91 Å². The molecule has 1 saturated heterocycles. The highest BCUT2D eigenvalue weighted by Crippen LogP contribution is 2.39. The summed E-state index contributed by atoms with van der Waals surface area (Å²) in [7, 11) is 1.57. The third-order valence-electron chi connectivity index (χ3n) is 9.57. The van der Waals surface area contributed by atoms with Crippen LogP contribution in [0.1, 0.15) is 121 Å². The van der Waals surface area contributed by atoms with E-state index >= 15 is 0 Å². The number of carbonyl (C=O) groups excluding carboxylic acids is 3. The number of nitrogens with one attached hydrogen (secondary N) is 1. The summed E-state index contributed by atoms with van der Waals surface area (Å²) < 4.78 is 23.3. The first-order valence-corrected chi connectivity index (χ1v) is 19.6. The maximum atomic E-state index is 13.9. The van der Waals surface area contributed by atoms with Gasteiger partial charge in [-0.1, -0.05) is 26.8 Å². The van der Waals surface area contributed by atoms with Crippen molar-refractivity contribution in [1.29, 1.82) is 0 Å². The van der Waals surface area contributed by atoms with Crippen LogP contribution in [0.5, 0.6) is 17.2 Å². The molecule has 1 saturated carbocycles. The number of hydrogen-bond donors (Lipinski definition) is 1. The molecule has 1 aliphatic heterocycles. The summed E-state index contributed by atoms with van der Waals surface area (Å²) in [6.45, 7) is 20.8. The molecular formula is C44H60N4O8. The van der Waals surface area contributed by atoms with Crippen molar-refractivity contribution >= 4 is 23.8 Å². The number of ether oxygens (including phenoxy) is 4. The molecule has 0 spiro atoms. The predicted octanol–water partition coefficient (Wildman–Crippen LogP) is 9.76. The van der Waals surface area contributed by atoms with Crippen molar-refractivity contribution in [2.75, 3.05) is 25.5 Å². The number of aryl methyl sites for hydroxylation is 1. The maximum Gasteiger partial charge on any atom is 0.528 e. The fourth-order valence-corrected chi connectivity index (χ4v) is 6.48. The van der Waals surface area contributed by atoms with E-state index in [1.807, 2.05) is 66.7 Å². The minimum Gasteiger partial charge on any atom is -0.494 e. The minimum atomic E-state index is -0.685. The molecule has 1 N–H and O–H groups in total. The lowest BCUT2D eigenvalue weighted by Gasteiger charge is -2.30. The van der Waals surface area contributed by atoms with E-state index in [1.165, 1.54) is 0 Å². The van der Waals surface area contributed by atoms with Crippen LogP contribution < -0.4 is 14.8 Å². The Hall–Kier alpha value is -4.84. The van der Waals surface area contributed by atoms with Crippen LogP contribution >= 0.6 is 0 Å². The first-order valence-electron chi connectivity index (χ1n) is 19.6. The van der Waals surface area contributed by atoms with E-state index in [0.29, 0.717) is 47.5 Å². The molecule has 1 aromatic heterocycles. The van der Waals surface area contributed by atoms with Gasteiger partial charge >= 0.3 is 12.2 Å². The van der Waals surface area contributed by atoms with Crippen LogP contribution in [0.15, 0.2) is 48.7 Å². The lowest BCUT2D eigenvalue weighted by molar-refractivity contribution is -0.155. The van der Waals surface area contributed by atoms with Crippen LogP contribution in [-0.2, 0) is 32.7 Å². The molecule has 304 valence electrons. The van der Waals surface area contributed by atoms with E-state index in [4.69, 9.17) is 23.8 Å². The van der Waals surface area contributed by atoms with Gasteiger partial charge in [0.2, 0.25) is 0 Å². The van der Waals surface area contributed by atoms with Gasteiger partial charge < -0.3 is 34.0 Å². The van der Waals surface area contributed by atoms with Gasteiger partial charge in [-0.2, -0.15) is 0 Å². The number of anilines is 1. The second-order valence-electron chi connectivity index (χ2n) is 18.0. The lowest BCUT2D eigenvalue weighted by atomic mass is 9.85. The van der Waals surface area contributed by atoms with Crippen LogP contribution in [0.3, 0.4) is 0 Å². The van der Waals surface area contributed by atoms with Gasteiger partial charge in [-0.25, -0.2) is 9.59 Å². The third kappa shape index (κ3) is 12.1. The summed E-state index contributed by atoms with van der Waals surface area (Å²) in [5.41, 5.74) is 2.99. The maximum absolute atomic E-state index is 13.9. The summed E-state index contributed by atoms with van der Waals surface area (Å²) in [6.07, 6.45) is 4.96. The molecule has 2 heterocycles. The number of benzene rings is 2. The average Bonchev–Trinajstić information content (AvgIpc) is 3.92. The molecule has 0 radical (unpaired) electrons. The number of aromatic nitrogens is 1. The van der Waals surface area contributed by atoms with Crippen molar-refractivity contribution in [3.8, 4) is 17.2 Å². The number of hydrogen-bond acceptors (Lipinski definition) is 10. The Balaban J connectivity index is 1.28. The van der Waals surface area contributed by atoms with Gasteiger partial charge in [0, 0.05) is 48.2 Å². The SMILES string of the molecule is COc1c(CN(C(=O)OC(C)(C)C)C2CC2)cc(C(C)(C)C)cc1NC(=O)c1ccc(C)c(Oc2ccnc(CC3CCN(OC(=O)OC(C)(C)C)CC3)c2)c1. The summed E-state index contributed by atoms with van der Waals surface area (Å²) in [5, 5.41) is 4.76. The number of amides is 2. The minimum absolute atomic E-state index is 0.0962. The molecule has 5 rings (SSSR count). The van der Waals surface area contributed by atoms with Crippen molar-refractivity contribution in [2.24, 2.45) is 5.92 Å². The number of piperidine rings is 1. The Morgan fingerprint density at radius 3 is 2.16 bits per heavy atom. The highest BCUT2D eigenvalue weighted by atomic mass is 16.8. The Labute approximate surface area is 332 Å². The van der Waals surface area contributed by atoms with Crippen molar-refractivity contribution < 1.29 is 38.2 Å². The smallest absolute Gasteiger partial charge is 0.494 e. The van der Waals surface area contributed by atoms with Gasteiger partial charge in [-0.05, 0) is 133 Å². The molecule has 0 bridgehead atoms. The van der Waals surface area contributed by atoms with E-state index in [2.05, 4.69) is 37.1 Å². The van der Waals surface area contributed by atoms with Crippen LogP contribution in [-0.4, -0.2) is 70.5 Å². The highest BCUT2D eigenvalue weighted by Gasteiger charge is 2.36. The van der Waals surface area contributed by atoms with Crippen LogP contribution in [0, 0.1) is 12.8 Å². The van der Waals surface area contributed by atoms with E-state index in [-0.39, 0.29) is 30.0 Å². The topological polar surface area (TPSA) is 129 Å². The summed E-state index contributed by atoms with van der Waals surface area (Å²) in [6, 6.07) is 13.2. The fourth-order valence-electron chi connectivity index (χ4n) is 6.48. The van der Waals surface area contributed by atoms with Crippen LogP contribution in [0.2, 0.25) is 0 Å². The van der Waals surface area contributed by atoms with Gasteiger partial charge in [0.05, 0.1) is 19.3 Å². The molecule has 56 heavy (non-hydrogen) atoms. The number of hydroxylamine groups is 2. The number of carbonyl (C=O) groups is 3. The van der Waals surface area contributed by atoms with Gasteiger partial charge in [-0.15, -0.1) is 5.06 Å². The lowest BCUT2D eigenvalue weighted by Crippen LogP contribution is -2.38. The fraction of sp³-hybridized carbons (Fsp3) is 0.545. The first kappa shape index (κ1) is 42.3. The van der Waals surface area contributed by atoms with E-state index < -0.39 is 17.4 Å². The molecular weight excluding hydrogens is 713 g/mol. The Kier molecular flexibility index (Phi) is 12.9. The molecule has 12 nitrogen and oxygen atoms in total. The largest absolute Gasteiger partial charge is 0.528 e. The highest BCUT2D eigenvalue weighted by molar-refractivity contribution is 6.05. The number of rotatable bonds is 11. The van der Waals surface area contributed by atoms with Gasteiger partial charge in [-0.3, -0.25) is 9.78 Å². The third-order valence-corrected chi connectivity index (χ3v) is 9.57. The standard InChI is InChI=1S/C44H60N4O8/c1-28-12-13-30(24-37(28)53-35-16-19-45-33(26-35)22-29-17-20-47(21-18-29)56-41(51)55-44(8,9)10)39(49)46-36-25-32(42(2,3)4)23-31(38(36)52-11)27-48(34-14-15-34)40(50)54-43(5,6)7/h12-13,16,19,23-26,29,34H,14-15,17-18,20-22,27H2,1-11H3,(H,46,49). The molecule has 0 unspecified atom stereocenters. The molecule has 1 aliphatic carbocycles. The van der Waals surface area contributed by atoms with E-state index in [9.17, 15) is 14.4 Å². The monoisotopic (exact) mass is 772 g/mol. The van der Waals surface area contributed by atoms with Gasteiger partial charge in [0.1, 0.15) is 28.5 Å². The predicted molar refractivity (Wildman–Crippen MR) is 215 cm³/mol. The summed E-state index contributed by atoms with van der Waals surface area (Å²) >= 11 is 0. The Morgan fingerprint density at radius 1 is 0.875 bits per heavy atom. The molecule has 2 aliphatic rings. The Bertz CT molecular complexity index is 1880. The van der Waals surface area contributed by atoms with Crippen LogP contribution in [0.25, 0.3) is 0 Å². The van der Waals surface area contributed by atoms with Crippen molar-refractivity contribution in [2.45, 2.75) is 131 Å². The quantitative estimate of drug-likeness (QED) is 0.188. The second-order valence-corrected chi connectivity index (χ2v) is 18.0. The van der Waals surface area contributed by atoms with Crippen LogP contribution in [0.4, 0.5) is 15.3 Å². The molecule has 2 amide bonds. The molecule has 2 fully saturated rings. The summed E-state index contributed by atoms with van der Waals surface area (Å²) in [5.74, 6) is 1.71. The van der Waals surface area contributed by atoms with E-state index in [0.717, 1.165) is 54.5 Å². The normalized spacial score (nSPS) is 15.5. The van der Waals surface area contributed by atoms with Crippen molar-refractivity contribution in [3.63, 3.8) is 0 Å². The number of methoxy groups -OCH3 is 1. The van der Waals surface area contributed by atoms with Gasteiger partial charge in [0.15, 0.2) is 0 Å². The Morgan fingerprint density at radius 2 is 1.55 bits per heavy atom. The molecule has 3 aromatic rings. The summed E-state index contributed by atoms with van der Waals surface area (Å²) in [4.78, 5) is 51.1. The first-order chi connectivity index (χ1) is 26.2. The zero-order valence-electron chi connectivity index (χ0n) is 35.0. The molecule has 2 aromatic carbocycles. The second kappa shape index (κ2) is 17.1.